The number of benzene rings is 1. The van der Waals surface area contributed by atoms with Gasteiger partial charge in [-0.2, -0.15) is 5.10 Å². The van der Waals surface area contributed by atoms with Crippen molar-refractivity contribution in [1.29, 1.82) is 0 Å². The summed E-state index contributed by atoms with van der Waals surface area (Å²) in [7, 11) is 0. The number of nitrogens with zero attached hydrogens (tertiary/aromatic N) is 4. The minimum atomic E-state index is -0.0345. The predicted octanol–water partition coefficient (Wildman–Crippen LogP) is 2.45. The van der Waals surface area contributed by atoms with Crippen LogP contribution in [0, 0.1) is 0 Å². The fraction of sp³-hybridized carbons (Fsp3) is 0.412. The standard InChI is InChI=1S/C17H21Cl2N5O/c18-14-11-20-24(12-14)10-9-22-5-7-23(8-6-22)13-17(25)21-16-4-2-1-3-15(16)19/h1-4,11-12H,5-10,13H2,(H,21,25). The summed E-state index contributed by atoms with van der Waals surface area (Å²) in [5, 5.41) is 8.27. The van der Waals surface area contributed by atoms with Crippen LogP contribution in [0.4, 0.5) is 5.69 Å². The molecule has 1 aromatic carbocycles. The SMILES string of the molecule is O=C(CN1CCN(CCn2cc(Cl)cn2)CC1)Nc1ccccc1Cl. The molecule has 1 N–H and O–H groups in total. The summed E-state index contributed by atoms with van der Waals surface area (Å²) in [5.41, 5.74) is 0.658. The summed E-state index contributed by atoms with van der Waals surface area (Å²) in [4.78, 5) is 16.7. The number of rotatable bonds is 6. The number of nitrogens with one attached hydrogen (secondary N) is 1. The van der Waals surface area contributed by atoms with Crippen LogP contribution in [0.2, 0.25) is 10.0 Å². The Labute approximate surface area is 157 Å². The molecule has 0 unspecified atom stereocenters. The second-order valence-corrected chi connectivity index (χ2v) is 6.91. The molecular formula is C17H21Cl2N5O. The van der Waals surface area contributed by atoms with Gasteiger partial charge in [-0.3, -0.25) is 19.3 Å². The van der Waals surface area contributed by atoms with Gasteiger partial charge in [-0.15, -0.1) is 0 Å². The van der Waals surface area contributed by atoms with E-state index in [1.807, 2.05) is 23.0 Å². The van der Waals surface area contributed by atoms with E-state index in [-0.39, 0.29) is 5.91 Å². The first-order chi connectivity index (χ1) is 12.1. The molecule has 2 heterocycles. The Morgan fingerprint density at radius 2 is 1.80 bits per heavy atom. The minimum Gasteiger partial charge on any atom is -0.324 e. The highest BCUT2D eigenvalue weighted by molar-refractivity contribution is 6.33. The summed E-state index contributed by atoms with van der Waals surface area (Å²) < 4.78 is 1.85. The Balaban J connectivity index is 1.38. The van der Waals surface area contributed by atoms with E-state index in [9.17, 15) is 4.79 Å². The Morgan fingerprint density at radius 1 is 1.08 bits per heavy atom. The molecule has 0 atom stereocenters. The number of carbonyl (C=O) groups is 1. The van der Waals surface area contributed by atoms with Gasteiger partial charge in [0.05, 0.1) is 35.0 Å². The predicted molar refractivity (Wildman–Crippen MR) is 100 cm³/mol. The lowest BCUT2D eigenvalue weighted by atomic mass is 10.3. The molecule has 25 heavy (non-hydrogen) atoms. The van der Waals surface area contributed by atoms with E-state index in [0.717, 1.165) is 39.3 Å². The molecule has 0 radical (unpaired) electrons. The number of amides is 1. The number of piperazine rings is 1. The van der Waals surface area contributed by atoms with Crippen LogP contribution < -0.4 is 5.32 Å². The zero-order valence-corrected chi connectivity index (χ0v) is 15.4. The summed E-state index contributed by atoms with van der Waals surface area (Å²) in [6, 6.07) is 7.27. The highest BCUT2D eigenvalue weighted by Crippen LogP contribution is 2.20. The Bertz CT molecular complexity index is 713. The van der Waals surface area contributed by atoms with Crippen LogP contribution in [-0.2, 0) is 11.3 Å². The molecule has 0 aliphatic carbocycles. The van der Waals surface area contributed by atoms with Crippen LogP contribution in [0.3, 0.4) is 0 Å². The van der Waals surface area contributed by atoms with Crippen molar-refractivity contribution < 1.29 is 4.79 Å². The third-order valence-electron chi connectivity index (χ3n) is 4.23. The van der Waals surface area contributed by atoms with Gasteiger partial charge in [0.25, 0.3) is 0 Å². The highest BCUT2D eigenvalue weighted by Gasteiger charge is 2.19. The first-order valence-electron chi connectivity index (χ1n) is 8.27. The molecular weight excluding hydrogens is 361 g/mol. The molecule has 1 amide bonds. The third kappa shape index (κ3) is 5.44. The molecule has 1 fully saturated rings. The van der Waals surface area contributed by atoms with Crippen LogP contribution in [0.15, 0.2) is 36.7 Å². The topological polar surface area (TPSA) is 53.4 Å². The van der Waals surface area contributed by atoms with Gasteiger partial charge in [-0.05, 0) is 12.1 Å². The first kappa shape index (κ1) is 18.2. The van der Waals surface area contributed by atoms with Crippen molar-refractivity contribution in [1.82, 2.24) is 19.6 Å². The first-order valence-corrected chi connectivity index (χ1v) is 9.03. The normalized spacial score (nSPS) is 16.1. The fourth-order valence-corrected chi connectivity index (χ4v) is 3.17. The van der Waals surface area contributed by atoms with Crippen molar-refractivity contribution in [3.8, 4) is 0 Å². The summed E-state index contributed by atoms with van der Waals surface area (Å²) in [6.07, 6.45) is 3.48. The van der Waals surface area contributed by atoms with Crippen LogP contribution in [0.5, 0.6) is 0 Å². The monoisotopic (exact) mass is 381 g/mol. The van der Waals surface area contributed by atoms with Crippen molar-refractivity contribution in [2.45, 2.75) is 6.54 Å². The molecule has 1 aliphatic rings. The number of hydrogen-bond acceptors (Lipinski definition) is 4. The van der Waals surface area contributed by atoms with Crippen LogP contribution in [0.1, 0.15) is 0 Å². The van der Waals surface area contributed by atoms with Gasteiger partial charge < -0.3 is 5.32 Å². The van der Waals surface area contributed by atoms with Gasteiger partial charge in [-0.1, -0.05) is 35.3 Å². The van der Waals surface area contributed by atoms with Crippen LogP contribution in [0.25, 0.3) is 0 Å². The van der Waals surface area contributed by atoms with Crippen molar-refractivity contribution in [3.63, 3.8) is 0 Å². The van der Waals surface area contributed by atoms with Crippen LogP contribution in [-0.4, -0.2) is 64.8 Å². The molecule has 0 spiro atoms. The van der Waals surface area contributed by atoms with Gasteiger partial charge in [0.15, 0.2) is 0 Å². The van der Waals surface area contributed by atoms with E-state index >= 15 is 0 Å². The fourth-order valence-electron chi connectivity index (χ4n) is 2.83. The van der Waals surface area contributed by atoms with E-state index in [4.69, 9.17) is 23.2 Å². The van der Waals surface area contributed by atoms with Gasteiger partial charge >= 0.3 is 0 Å². The van der Waals surface area contributed by atoms with Crippen LogP contribution >= 0.6 is 23.2 Å². The molecule has 0 saturated carbocycles. The average molecular weight is 382 g/mol. The van der Waals surface area contributed by atoms with Crippen molar-refractivity contribution in [3.05, 3.63) is 46.7 Å². The second-order valence-electron chi connectivity index (χ2n) is 6.07. The number of para-hydroxylation sites is 1. The number of halogens is 2. The molecule has 1 saturated heterocycles. The molecule has 8 heteroatoms. The quantitative estimate of drug-likeness (QED) is 0.834. The number of carbonyl (C=O) groups excluding carboxylic acids is 1. The maximum absolute atomic E-state index is 12.2. The molecule has 2 aromatic rings. The third-order valence-corrected chi connectivity index (χ3v) is 4.75. The molecule has 3 rings (SSSR count). The molecule has 1 aliphatic heterocycles. The van der Waals surface area contributed by atoms with Gasteiger partial charge in [-0.25, -0.2) is 0 Å². The van der Waals surface area contributed by atoms with Gasteiger partial charge in [0, 0.05) is 38.9 Å². The Kier molecular flexibility index (Phi) is 6.31. The average Bonchev–Trinajstić information content (AvgIpc) is 3.02. The summed E-state index contributed by atoms with van der Waals surface area (Å²) >= 11 is 11.9. The second kappa shape index (κ2) is 8.67. The molecule has 134 valence electrons. The molecule has 0 bridgehead atoms. The van der Waals surface area contributed by atoms with E-state index in [0.29, 0.717) is 22.3 Å². The van der Waals surface area contributed by atoms with E-state index < -0.39 is 0 Å². The van der Waals surface area contributed by atoms with Crippen molar-refractivity contribution in [2.24, 2.45) is 0 Å². The lowest BCUT2D eigenvalue weighted by Gasteiger charge is -2.34. The smallest absolute Gasteiger partial charge is 0.238 e. The lowest BCUT2D eigenvalue weighted by molar-refractivity contribution is -0.117. The Hall–Kier alpha value is -1.60. The molecule has 1 aromatic heterocycles. The van der Waals surface area contributed by atoms with E-state index in [2.05, 4.69) is 20.2 Å². The highest BCUT2D eigenvalue weighted by atomic mass is 35.5. The van der Waals surface area contributed by atoms with E-state index in [1.165, 1.54) is 0 Å². The number of hydrogen-bond donors (Lipinski definition) is 1. The van der Waals surface area contributed by atoms with E-state index in [1.54, 1.807) is 18.3 Å². The van der Waals surface area contributed by atoms with Gasteiger partial charge in [0.2, 0.25) is 5.91 Å². The maximum Gasteiger partial charge on any atom is 0.238 e. The van der Waals surface area contributed by atoms with Crippen molar-refractivity contribution >= 4 is 34.8 Å². The number of aromatic nitrogens is 2. The van der Waals surface area contributed by atoms with Crippen molar-refractivity contribution in [2.75, 3.05) is 44.6 Å². The summed E-state index contributed by atoms with van der Waals surface area (Å²) in [6.45, 7) is 5.75. The minimum absolute atomic E-state index is 0.0345. The zero-order valence-electron chi connectivity index (χ0n) is 13.9. The van der Waals surface area contributed by atoms with Gasteiger partial charge in [0.1, 0.15) is 0 Å². The summed E-state index contributed by atoms with van der Waals surface area (Å²) in [5.74, 6) is -0.0345. The Morgan fingerprint density at radius 3 is 2.48 bits per heavy atom. The number of anilines is 1. The molecule has 6 nitrogen and oxygen atoms in total. The maximum atomic E-state index is 12.2. The zero-order chi connectivity index (χ0) is 17.6. The largest absolute Gasteiger partial charge is 0.324 e. The lowest BCUT2D eigenvalue weighted by Crippen LogP contribution is -2.49.